The quantitative estimate of drug-likeness (QED) is 0.391. The van der Waals surface area contributed by atoms with E-state index in [2.05, 4.69) is 10.6 Å². The molecule has 0 aromatic heterocycles. The summed E-state index contributed by atoms with van der Waals surface area (Å²) in [5, 5.41) is 5.88. The summed E-state index contributed by atoms with van der Waals surface area (Å²) in [6, 6.07) is 22.9. The largest absolute Gasteiger partial charge is 0.463 e. The number of aryl methyl sites for hydroxylation is 1. The fraction of sp³-hybridized carbons (Fsp3) is 0.233. The molecule has 0 bridgehead atoms. The third-order valence-electron chi connectivity index (χ3n) is 6.13. The van der Waals surface area contributed by atoms with Gasteiger partial charge in [-0.1, -0.05) is 67.1 Å². The molecular formula is C30H31N3O4. The molecule has 2 N–H and O–H groups in total. The molecule has 0 saturated heterocycles. The Balaban J connectivity index is 1.71. The Labute approximate surface area is 217 Å². The molecule has 37 heavy (non-hydrogen) atoms. The van der Waals surface area contributed by atoms with Gasteiger partial charge >= 0.3 is 12.0 Å². The van der Waals surface area contributed by atoms with Crippen LogP contribution in [0.25, 0.3) is 5.70 Å². The van der Waals surface area contributed by atoms with Gasteiger partial charge in [0.25, 0.3) is 5.91 Å². The molecule has 3 aromatic rings. The Bertz CT molecular complexity index is 1300. The van der Waals surface area contributed by atoms with E-state index in [0.717, 1.165) is 17.5 Å². The van der Waals surface area contributed by atoms with Crippen LogP contribution in [-0.2, 0) is 9.53 Å². The summed E-state index contributed by atoms with van der Waals surface area (Å²) in [5.41, 5.74) is 4.63. The third-order valence-corrected chi connectivity index (χ3v) is 6.13. The number of ether oxygens (including phenoxy) is 1. The van der Waals surface area contributed by atoms with E-state index < -0.39 is 12.0 Å². The van der Waals surface area contributed by atoms with Crippen LogP contribution in [0, 0.1) is 6.92 Å². The van der Waals surface area contributed by atoms with Crippen molar-refractivity contribution in [1.29, 1.82) is 0 Å². The summed E-state index contributed by atoms with van der Waals surface area (Å²) in [6.45, 7) is 6.37. The second kappa shape index (κ2) is 11.6. The second-order valence-corrected chi connectivity index (χ2v) is 8.83. The summed E-state index contributed by atoms with van der Waals surface area (Å²) in [6.07, 6.45) is 0.722. The zero-order valence-corrected chi connectivity index (χ0v) is 21.3. The molecule has 3 aromatic carbocycles. The van der Waals surface area contributed by atoms with Gasteiger partial charge in [-0.25, -0.2) is 9.59 Å². The number of carbonyl (C=O) groups is 3. The van der Waals surface area contributed by atoms with Crippen molar-refractivity contribution in [2.75, 3.05) is 18.5 Å². The number of urea groups is 1. The number of esters is 1. The van der Waals surface area contributed by atoms with Gasteiger partial charge in [-0.15, -0.1) is 0 Å². The van der Waals surface area contributed by atoms with Crippen molar-refractivity contribution in [2.24, 2.45) is 0 Å². The lowest BCUT2D eigenvalue weighted by Gasteiger charge is -2.36. The Morgan fingerprint density at radius 1 is 0.946 bits per heavy atom. The Morgan fingerprint density at radius 3 is 2.24 bits per heavy atom. The minimum Gasteiger partial charge on any atom is -0.463 e. The molecule has 1 aliphatic rings. The van der Waals surface area contributed by atoms with Crippen LogP contribution in [-0.4, -0.2) is 36.0 Å². The molecule has 0 saturated carbocycles. The van der Waals surface area contributed by atoms with E-state index in [0.29, 0.717) is 34.6 Å². The molecule has 4 rings (SSSR count). The van der Waals surface area contributed by atoms with Crippen LogP contribution in [0.4, 0.5) is 10.5 Å². The van der Waals surface area contributed by atoms with Gasteiger partial charge in [0, 0.05) is 17.8 Å². The van der Waals surface area contributed by atoms with Crippen LogP contribution in [0.2, 0.25) is 0 Å². The third kappa shape index (κ3) is 5.72. The molecule has 0 spiro atoms. The first-order valence-electron chi connectivity index (χ1n) is 12.5. The van der Waals surface area contributed by atoms with E-state index in [9.17, 15) is 14.4 Å². The second-order valence-electron chi connectivity index (χ2n) is 8.83. The smallest absolute Gasteiger partial charge is 0.338 e. The van der Waals surface area contributed by atoms with Crippen molar-refractivity contribution >= 4 is 29.3 Å². The highest BCUT2D eigenvalue weighted by Crippen LogP contribution is 2.37. The maximum atomic E-state index is 13.3. The molecule has 7 heteroatoms. The summed E-state index contributed by atoms with van der Waals surface area (Å²) >= 11 is 0. The highest BCUT2D eigenvalue weighted by Gasteiger charge is 2.38. The van der Waals surface area contributed by atoms with E-state index in [1.165, 1.54) is 0 Å². The SMILES string of the molecule is CCCN1C(=O)NC(c2ccc(NC(=O)c3ccc(C)cc3)cc2)C(C(=O)OCC)=C1c1ccccc1. The molecule has 3 amide bonds. The molecule has 0 radical (unpaired) electrons. The van der Waals surface area contributed by atoms with Gasteiger partial charge in [-0.3, -0.25) is 9.69 Å². The van der Waals surface area contributed by atoms with Gasteiger partial charge in [0.05, 0.1) is 23.9 Å². The molecule has 1 atom stereocenters. The van der Waals surface area contributed by atoms with E-state index in [1.807, 2.05) is 56.3 Å². The van der Waals surface area contributed by atoms with Crippen LogP contribution >= 0.6 is 0 Å². The minimum atomic E-state index is -0.711. The average Bonchev–Trinajstić information content (AvgIpc) is 2.91. The van der Waals surface area contributed by atoms with E-state index in [4.69, 9.17) is 4.74 Å². The number of hydrogen-bond acceptors (Lipinski definition) is 4. The molecule has 1 aliphatic heterocycles. The zero-order valence-electron chi connectivity index (χ0n) is 21.3. The monoisotopic (exact) mass is 497 g/mol. The van der Waals surface area contributed by atoms with E-state index in [1.54, 1.807) is 48.2 Å². The Kier molecular flexibility index (Phi) is 8.03. The molecule has 1 heterocycles. The molecule has 0 aliphatic carbocycles. The number of nitrogens with one attached hydrogen (secondary N) is 2. The van der Waals surface area contributed by atoms with Crippen molar-refractivity contribution < 1.29 is 19.1 Å². The van der Waals surface area contributed by atoms with Crippen LogP contribution in [0.15, 0.2) is 84.4 Å². The van der Waals surface area contributed by atoms with Gasteiger partial charge in [0.2, 0.25) is 0 Å². The van der Waals surface area contributed by atoms with Crippen LogP contribution < -0.4 is 10.6 Å². The van der Waals surface area contributed by atoms with E-state index >= 15 is 0 Å². The van der Waals surface area contributed by atoms with Crippen molar-refractivity contribution in [1.82, 2.24) is 10.2 Å². The summed E-state index contributed by atoms with van der Waals surface area (Å²) < 4.78 is 5.45. The van der Waals surface area contributed by atoms with Gasteiger partial charge < -0.3 is 15.4 Å². The average molecular weight is 498 g/mol. The fourth-order valence-electron chi connectivity index (χ4n) is 4.34. The maximum absolute atomic E-state index is 13.3. The first-order chi connectivity index (χ1) is 17.9. The van der Waals surface area contributed by atoms with Gasteiger partial charge in [0.1, 0.15) is 0 Å². The first-order valence-corrected chi connectivity index (χ1v) is 12.5. The van der Waals surface area contributed by atoms with Gasteiger partial charge in [-0.05, 0) is 55.7 Å². The van der Waals surface area contributed by atoms with Crippen LogP contribution in [0.3, 0.4) is 0 Å². The highest BCUT2D eigenvalue weighted by atomic mass is 16.5. The fourth-order valence-corrected chi connectivity index (χ4v) is 4.34. The number of hydrogen-bond donors (Lipinski definition) is 2. The standard InChI is InChI=1S/C30H31N3O4/c1-4-19-33-27(22-9-7-6-8-10-22)25(29(35)37-5-2)26(32-30(33)36)21-15-17-24(18-16-21)31-28(34)23-13-11-20(3)12-14-23/h6-18,26H,4-5,19H2,1-3H3,(H,31,34)(H,32,36). The highest BCUT2D eigenvalue weighted by molar-refractivity contribution is 6.05. The minimum absolute atomic E-state index is 0.211. The Morgan fingerprint density at radius 2 is 1.62 bits per heavy atom. The maximum Gasteiger partial charge on any atom is 0.338 e. The summed E-state index contributed by atoms with van der Waals surface area (Å²) in [4.78, 5) is 40.8. The van der Waals surface area contributed by atoms with Crippen molar-refractivity contribution in [3.8, 4) is 0 Å². The number of anilines is 1. The number of carbonyl (C=O) groups excluding carboxylic acids is 3. The molecular weight excluding hydrogens is 466 g/mol. The number of benzene rings is 3. The summed E-state index contributed by atoms with van der Waals surface area (Å²) in [7, 11) is 0. The van der Waals surface area contributed by atoms with Crippen molar-refractivity contribution in [3.05, 3.63) is 107 Å². The van der Waals surface area contributed by atoms with Crippen LogP contribution in [0.1, 0.15) is 53.4 Å². The summed E-state index contributed by atoms with van der Waals surface area (Å²) in [5.74, 6) is -0.698. The van der Waals surface area contributed by atoms with Crippen LogP contribution in [0.5, 0.6) is 0 Å². The van der Waals surface area contributed by atoms with Gasteiger partial charge in [0.15, 0.2) is 0 Å². The molecule has 7 nitrogen and oxygen atoms in total. The molecule has 190 valence electrons. The number of amides is 3. The van der Waals surface area contributed by atoms with Gasteiger partial charge in [-0.2, -0.15) is 0 Å². The van der Waals surface area contributed by atoms with E-state index in [-0.39, 0.29) is 18.5 Å². The Hall–Kier alpha value is -4.39. The zero-order chi connectivity index (χ0) is 26.4. The van der Waals surface area contributed by atoms with Crippen molar-refractivity contribution in [3.63, 3.8) is 0 Å². The number of nitrogens with zero attached hydrogens (tertiary/aromatic N) is 1. The lowest BCUT2D eigenvalue weighted by molar-refractivity contribution is -0.138. The first kappa shape index (κ1) is 25.7. The molecule has 0 fully saturated rings. The van der Waals surface area contributed by atoms with Crippen molar-refractivity contribution in [2.45, 2.75) is 33.2 Å². The lowest BCUT2D eigenvalue weighted by atomic mass is 9.91. The topological polar surface area (TPSA) is 87.7 Å². The molecule has 1 unspecified atom stereocenters. The normalized spacial score (nSPS) is 15.3. The predicted molar refractivity (Wildman–Crippen MR) is 144 cm³/mol. The predicted octanol–water partition coefficient (Wildman–Crippen LogP) is 5.70. The lowest BCUT2D eigenvalue weighted by Crippen LogP contribution is -2.48. The number of rotatable bonds is 8.